The molecule has 3 nitrogen and oxygen atoms in total. The van der Waals surface area contributed by atoms with Gasteiger partial charge >= 0.3 is 0 Å². The molecule has 0 saturated carbocycles. The maximum atomic E-state index is 8.86. The number of hydrogen-bond acceptors (Lipinski definition) is 3. The normalized spacial score (nSPS) is 12.3. The molecule has 0 aliphatic carbocycles. The Kier molecular flexibility index (Phi) is 4.88. The van der Waals surface area contributed by atoms with Crippen LogP contribution in [0.5, 0.6) is 0 Å². The fourth-order valence-electron chi connectivity index (χ4n) is 1.91. The van der Waals surface area contributed by atoms with Crippen LogP contribution in [-0.4, -0.2) is 23.2 Å². The Morgan fingerprint density at radius 3 is 2.50 bits per heavy atom. The van der Waals surface area contributed by atoms with Gasteiger partial charge in [0.25, 0.3) is 0 Å². The summed E-state index contributed by atoms with van der Waals surface area (Å²) in [4.78, 5) is 4.41. The van der Waals surface area contributed by atoms with Crippen molar-refractivity contribution in [3.8, 4) is 0 Å². The van der Waals surface area contributed by atoms with E-state index >= 15 is 0 Å². The van der Waals surface area contributed by atoms with Crippen LogP contribution in [0, 0.1) is 0 Å². The third-order valence-corrected chi connectivity index (χ3v) is 2.80. The van der Waals surface area contributed by atoms with E-state index < -0.39 is 0 Å². The molecule has 0 aliphatic heterocycles. The number of pyridine rings is 1. The summed E-state index contributed by atoms with van der Waals surface area (Å²) in [7, 11) is 0. The molecule has 0 bridgehead atoms. The van der Waals surface area contributed by atoms with Crippen molar-refractivity contribution >= 4 is 0 Å². The predicted molar refractivity (Wildman–Crippen MR) is 72.2 cm³/mol. The van der Waals surface area contributed by atoms with Gasteiger partial charge in [-0.3, -0.25) is 4.98 Å². The van der Waals surface area contributed by atoms with Gasteiger partial charge < -0.3 is 10.4 Å². The molecule has 1 aromatic carbocycles. The molecule has 2 N–H and O–H groups in total. The van der Waals surface area contributed by atoms with Crippen molar-refractivity contribution in [3.05, 3.63) is 66.0 Å². The second kappa shape index (κ2) is 6.89. The van der Waals surface area contributed by atoms with Crippen LogP contribution in [0.3, 0.4) is 0 Å². The lowest BCUT2D eigenvalue weighted by Crippen LogP contribution is -2.24. The molecule has 1 aromatic heterocycles. The third-order valence-electron chi connectivity index (χ3n) is 2.80. The minimum absolute atomic E-state index is 0.0824. The quantitative estimate of drug-likeness (QED) is 0.763. The van der Waals surface area contributed by atoms with Crippen molar-refractivity contribution in [3.63, 3.8) is 0 Å². The summed E-state index contributed by atoms with van der Waals surface area (Å²) in [6.45, 7) is 0.976. The number of hydrogen-bond donors (Lipinski definition) is 2. The average Bonchev–Trinajstić information content (AvgIpc) is 2.46. The molecule has 0 spiro atoms. The van der Waals surface area contributed by atoms with Crippen LogP contribution in [0.2, 0.25) is 0 Å². The van der Waals surface area contributed by atoms with Crippen LogP contribution in [0.25, 0.3) is 0 Å². The van der Waals surface area contributed by atoms with Gasteiger partial charge in [-0.2, -0.15) is 0 Å². The van der Waals surface area contributed by atoms with E-state index in [1.165, 1.54) is 5.56 Å². The minimum atomic E-state index is 0.0824. The highest BCUT2D eigenvalue weighted by Gasteiger charge is 2.13. The summed E-state index contributed by atoms with van der Waals surface area (Å²) in [6, 6.07) is 16.2. The molecule has 0 radical (unpaired) electrons. The van der Waals surface area contributed by atoms with Crippen LogP contribution in [0.4, 0.5) is 0 Å². The van der Waals surface area contributed by atoms with Crippen molar-refractivity contribution < 1.29 is 5.11 Å². The molecular formula is C15H18N2O. The summed E-state index contributed by atoms with van der Waals surface area (Å²) in [6.07, 6.45) is 2.55. The average molecular weight is 242 g/mol. The molecule has 2 aromatic rings. The number of aliphatic hydroxyl groups excluding tert-OH is 1. The summed E-state index contributed by atoms with van der Waals surface area (Å²) in [5.41, 5.74) is 2.19. The SMILES string of the molecule is OCCCN[C@@H](c1ccccc1)c1ccccn1. The van der Waals surface area contributed by atoms with Gasteiger partial charge in [-0.1, -0.05) is 36.4 Å². The van der Waals surface area contributed by atoms with E-state index in [0.717, 1.165) is 18.7 Å². The van der Waals surface area contributed by atoms with E-state index in [2.05, 4.69) is 22.4 Å². The Hall–Kier alpha value is -1.71. The molecule has 18 heavy (non-hydrogen) atoms. The van der Waals surface area contributed by atoms with Crippen LogP contribution in [0.15, 0.2) is 54.7 Å². The molecule has 0 amide bonds. The number of nitrogens with one attached hydrogen (secondary N) is 1. The lowest BCUT2D eigenvalue weighted by molar-refractivity contribution is 0.284. The second-order valence-corrected chi connectivity index (χ2v) is 4.13. The molecule has 0 unspecified atom stereocenters. The number of nitrogens with zero attached hydrogens (tertiary/aromatic N) is 1. The fraction of sp³-hybridized carbons (Fsp3) is 0.267. The summed E-state index contributed by atoms with van der Waals surface area (Å²) < 4.78 is 0. The summed E-state index contributed by atoms with van der Waals surface area (Å²) in [5.74, 6) is 0. The molecule has 3 heteroatoms. The molecule has 2 rings (SSSR count). The summed E-state index contributed by atoms with van der Waals surface area (Å²) >= 11 is 0. The highest BCUT2D eigenvalue weighted by Crippen LogP contribution is 2.19. The molecule has 0 saturated heterocycles. The Bertz CT molecular complexity index is 405. The Morgan fingerprint density at radius 1 is 1.06 bits per heavy atom. The van der Waals surface area contributed by atoms with Crippen LogP contribution >= 0.6 is 0 Å². The molecule has 1 heterocycles. The Balaban J connectivity index is 2.18. The highest BCUT2D eigenvalue weighted by atomic mass is 16.3. The van der Waals surface area contributed by atoms with E-state index in [1.807, 2.05) is 36.4 Å². The second-order valence-electron chi connectivity index (χ2n) is 4.13. The van der Waals surface area contributed by atoms with Gasteiger partial charge in [0.1, 0.15) is 0 Å². The van der Waals surface area contributed by atoms with Gasteiger partial charge in [0.2, 0.25) is 0 Å². The number of benzene rings is 1. The van der Waals surface area contributed by atoms with Gasteiger partial charge in [-0.15, -0.1) is 0 Å². The zero-order valence-electron chi connectivity index (χ0n) is 10.3. The van der Waals surface area contributed by atoms with E-state index in [1.54, 1.807) is 6.20 Å². The van der Waals surface area contributed by atoms with Crippen LogP contribution < -0.4 is 5.32 Å². The van der Waals surface area contributed by atoms with Gasteiger partial charge in [-0.25, -0.2) is 0 Å². The van der Waals surface area contributed by atoms with Gasteiger partial charge in [-0.05, 0) is 30.7 Å². The lowest BCUT2D eigenvalue weighted by Gasteiger charge is -2.18. The number of rotatable bonds is 6. The maximum Gasteiger partial charge on any atom is 0.0751 e. The monoisotopic (exact) mass is 242 g/mol. The smallest absolute Gasteiger partial charge is 0.0751 e. The molecule has 0 fully saturated rings. The molecule has 94 valence electrons. The first-order valence-electron chi connectivity index (χ1n) is 6.22. The first-order chi connectivity index (χ1) is 8.92. The first-order valence-corrected chi connectivity index (χ1v) is 6.22. The molecular weight excluding hydrogens is 224 g/mol. The van der Waals surface area contributed by atoms with E-state index in [0.29, 0.717) is 0 Å². The standard InChI is InChI=1S/C15H18N2O/c18-12-6-11-17-15(13-7-2-1-3-8-13)14-9-4-5-10-16-14/h1-5,7-10,15,17-18H,6,11-12H2/t15-/m0/s1. The Labute approximate surface area is 108 Å². The topological polar surface area (TPSA) is 45.1 Å². The van der Waals surface area contributed by atoms with Gasteiger partial charge in [0, 0.05) is 12.8 Å². The van der Waals surface area contributed by atoms with E-state index in [-0.39, 0.29) is 12.6 Å². The van der Waals surface area contributed by atoms with Crippen molar-refractivity contribution in [2.24, 2.45) is 0 Å². The van der Waals surface area contributed by atoms with Gasteiger partial charge in [0.05, 0.1) is 11.7 Å². The lowest BCUT2D eigenvalue weighted by atomic mass is 10.0. The van der Waals surface area contributed by atoms with Crippen LogP contribution in [0.1, 0.15) is 23.7 Å². The fourth-order valence-corrected chi connectivity index (χ4v) is 1.91. The highest BCUT2D eigenvalue weighted by molar-refractivity contribution is 5.27. The zero-order chi connectivity index (χ0) is 12.6. The number of aromatic nitrogens is 1. The van der Waals surface area contributed by atoms with Crippen molar-refractivity contribution in [2.45, 2.75) is 12.5 Å². The number of aliphatic hydroxyl groups is 1. The van der Waals surface area contributed by atoms with Crippen LogP contribution in [-0.2, 0) is 0 Å². The van der Waals surface area contributed by atoms with Crippen molar-refractivity contribution in [1.82, 2.24) is 10.3 Å². The molecule has 0 aliphatic rings. The molecule has 1 atom stereocenters. The van der Waals surface area contributed by atoms with E-state index in [9.17, 15) is 0 Å². The largest absolute Gasteiger partial charge is 0.396 e. The summed E-state index contributed by atoms with van der Waals surface area (Å²) in [5, 5.41) is 12.3. The maximum absolute atomic E-state index is 8.86. The first kappa shape index (κ1) is 12.7. The predicted octanol–water partition coefficient (Wildman–Crippen LogP) is 2.14. The van der Waals surface area contributed by atoms with Gasteiger partial charge in [0.15, 0.2) is 0 Å². The van der Waals surface area contributed by atoms with E-state index in [4.69, 9.17) is 5.11 Å². The third kappa shape index (κ3) is 3.39. The Morgan fingerprint density at radius 2 is 1.83 bits per heavy atom. The zero-order valence-corrected chi connectivity index (χ0v) is 10.3. The minimum Gasteiger partial charge on any atom is -0.396 e. The van der Waals surface area contributed by atoms with Crippen molar-refractivity contribution in [2.75, 3.05) is 13.2 Å². The van der Waals surface area contributed by atoms with Crippen molar-refractivity contribution in [1.29, 1.82) is 0 Å².